The largest absolute Gasteiger partial charge is 0.502 e. The summed E-state index contributed by atoms with van der Waals surface area (Å²) in [5, 5.41) is 24.2. The van der Waals surface area contributed by atoms with Gasteiger partial charge >= 0.3 is 6.09 Å². The molecule has 6 heteroatoms. The van der Waals surface area contributed by atoms with E-state index in [1.165, 1.54) is 0 Å². The molecule has 118 valence electrons. The number of hydrogen-bond donors (Lipinski definition) is 3. The topological polar surface area (TPSA) is 91.9 Å². The van der Waals surface area contributed by atoms with Crippen LogP contribution in [0, 0.1) is 0 Å². The molecule has 0 spiro atoms. The zero-order chi connectivity index (χ0) is 16.4. The van der Waals surface area contributed by atoms with Gasteiger partial charge in [-0.3, -0.25) is 5.32 Å². The van der Waals surface area contributed by atoms with Crippen LogP contribution < -0.4 is 5.32 Å². The van der Waals surface area contributed by atoms with Crippen LogP contribution in [0.3, 0.4) is 0 Å². The number of ether oxygens (including phenoxy) is 1. The maximum Gasteiger partial charge on any atom is 0.414 e. The monoisotopic (exact) mass is 313 g/mol. The molecule has 1 heterocycles. The Morgan fingerprint density at radius 2 is 1.87 bits per heavy atom. The number of nitrogens with one attached hydrogen (secondary N) is 1. The molecule has 1 amide bonds. The fraction of sp³-hybridized carbons (Fsp3) is 0.118. The molecular weight excluding hydrogens is 298 g/mol. The van der Waals surface area contributed by atoms with Crippen LogP contribution >= 0.6 is 0 Å². The quantitative estimate of drug-likeness (QED) is 0.677. The first kappa shape index (κ1) is 14.8. The van der Waals surface area contributed by atoms with Gasteiger partial charge in [-0.15, -0.1) is 0 Å². The zero-order valence-corrected chi connectivity index (χ0v) is 12.4. The van der Waals surface area contributed by atoms with Gasteiger partial charge in [0.25, 0.3) is 0 Å². The normalized spacial score (nSPS) is 10.7. The second-order valence-electron chi connectivity index (χ2n) is 4.86. The minimum absolute atomic E-state index is 0.0695. The second-order valence-corrected chi connectivity index (χ2v) is 4.86. The Morgan fingerprint density at radius 3 is 2.61 bits per heavy atom. The number of hydrogen-bond acceptors (Lipinski definition) is 5. The van der Waals surface area contributed by atoms with Gasteiger partial charge in [-0.05, 0) is 23.8 Å². The number of fused-ring (bicyclic) bond motifs is 1. The lowest BCUT2D eigenvalue weighted by Crippen LogP contribution is -2.12. The van der Waals surface area contributed by atoms with Crippen molar-refractivity contribution in [3.8, 4) is 22.8 Å². The highest BCUT2D eigenvalue weighted by atomic mass is 16.6. The van der Waals surface area contributed by atoms with Gasteiger partial charge in [0.15, 0.2) is 5.76 Å². The van der Waals surface area contributed by atoms with Gasteiger partial charge in [0.1, 0.15) is 0 Å². The third kappa shape index (κ3) is 2.78. The van der Waals surface area contributed by atoms with Crippen LogP contribution in [-0.2, 0) is 4.74 Å². The number of aromatic hydroxyl groups is 2. The van der Waals surface area contributed by atoms with E-state index in [-0.39, 0.29) is 18.3 Å². The Hall–Kier alpha value is -3.15. The smallest absolute Gasteiger partial charge is 0.414 e. The molecule has 23 heavy (non-hydrogen) atoms. The van der Waals surface area contributed by atoms with Gasteiger partial charge in [0.2, 0.25) is 17.4 Å². The van der Waals surface area contributed by atoms with Crippen LogP contribution in [0.2, 0.25) is 0 Å². The van der Waals surface area contributed by atoms with Crippen LogP contribution in [0.25, 0.3) is 22.1 Å². The molecule has 6 nitrogen and oxygen atoms in total. The molecule has 0 aliphatic heterocycles. The van der Waals surface area contributed by atoms with Crippen LogP contribution in [0.15, 0.2) is 46.9 Å². The van der Waals surface area contributed by atoms with E-state index in [2.05, 4.69) is 5.32 Å². The third-order valence-electron chi connectivity index (χ3n) is 3.36. The van der Waals surface area contributed by atoms with Crippen molar-refractivity contribution in [3.63, 3.8) is 0 Å². The lowest BCUT2D eigenvalue weighted by atomic mass is 10.1. The molecule has 0 atom stereocenters. The molecule has 0 bridgehead atoms. The highest BCUT2D eigenvalue weighted by Gasteiger charge is 2.22. The minimum atomic E-state index is -0.776. The Kier molecular flexibility index (Phi) is 3.80. The first-order valence-electron chi connectivity index (χ1n) is 7.07. The Morgan fingerprint density at radius 1 is 1.13 bits per heavy atom. The number of carbonyl (C=O) groups excluding carboxylic acids is 1. The fourth-order valence-corrected chi connectivity index (χ4v) is 2.28. The third-order valence-corrected chi connectivity index (χ3v) is 3.36. The summed E-state index contributed by atoms with van der Waals surface area (Å²) in [5.74, 6) is -1.17. The van der Waals surface area contributed by atoms with Crippen molar-refractivity contribution in [1.82, 2.24) is 0 Å². The molecule has 0 saturated heterocycles. The lowest BCUT2D eigenvalue weighted by molar-refractivity contribution is 0.167. The van der Waals surface area contributed by atoms with Crippen molar-refractivity contribution in [2.45, 2.75) is 6.92 Å². The Labute approximate surface area is 131 Å². The molecule has 2 aromatic carbocycles. The lowest BCUT2D eigenvalue weighted by Gasteiger charge is -2.02. The number of benzene rings is 2. The van der Waals surface area contributed by atoms with Crippen molar-refractivity contribution >= 4 is 22.7 Å². The molecule has 3 aromatic rings. The predicted molar refractivity (Wildman–Crippen MR) is 85.6 cm³/mol. The minimum Gasteiger partial charge on any atom is -0.502 e. The van der Waals surface area contributed by atoms with Gasteiger partial charge in [0, 0.05) is 5.56 Å². The molecule has 0 saturated carbocycles. The molecule has 0 radical (unpaired) electrons. The van der Waals surface area contributed by atoms with Crippen LogP contribution in [-0.4, -0.2) is 22.9 Å². The number of furan rings is 1. The second kappa shape index (κ2) is 5.92. The summed E-state index contributed by atoms with van der Waals surface area (Å²) in [6.45, 7) is 1.83. The van der Waals surface area contributed by atoms with Crippen molar-refractivity contribution in [3.05, 3.63) is 42.5 Å². The summed E-state index contributed by atoms with van der Waals surface area (Å²) in [4.78, 5) is 11.4. The standard InChI is InChI=1S/C17H15NO5/c1-2-22-17(21)18-16-14(20)13(19)15(23-16)12-8-7-10-5-3-4-6-11(10)9-12/h3-9,19-20H,2H2,1H3,(H,18,21). The van der Waals surface area contributed by atoms with E-state index >= 15 is 0 Å². The van der Waals surface area contributed by atoms with E-state index in [1.807, 2.05) is 36.4 Å². The van der Waals surface area contributed by atoms with E-state index < -0.39 is 17.6 Å². The number of rotatable bonds is 3. The number of amides is 1. The van der Waals surface area contributed by atoms with Crippen molar-refractivity contribution in [1.29, 1.82) is 0 Å². The summed E-state index contributed by atoms with van der Waals surface area (Å²) < 4.78 is 10.1. The molecule has 3 N–H and O–H groups in total. The SMILES string of the molecule is CCOC(=O)Nc1oc(-c2ccc3ccccc3c2)c(O)c1O. The number of anilines is 1. The molecule has 0 unspecified atom stereocenters. The first-order valence-corrected chi connectivity index (χ1v) is 7.07. The first-order chi connectivity index (χ1) is 11.1. The Balaban J connectivity index is 2.00. The van der Waals surface area contributed by atoms with E-state index in [9.17, 15) is 15.0 Å². The van der Waals surface area contributed by atoms with E-state index in [0.29, 0.717) is 5.56 Å². The summed E-state index contributed by atoms with van der Waals surface area (Å²) in [7, 11) is 0. The average Bonchev–Trinajstić information content (AvgIpc) is 2.83. The molecular formula is C17H15NO5. The van der Waals surface area contributed by atoms with Crippen LogP contribution in [0.5, 0.6) is 11.5 Å². The molecule has 3 rings (SSSR count). The highest BCUT2D eigenvalue weighted by molar-refractivity contribution is 5.90. The van der Waals surface area contributed by atoms with Gasteiger partial charge in [-0.1, -0.05) is 36.4 Å². The fourth-order valence-electron chi connectivity index (χ4n) is 2.28. The maximum atomic E-state index is 11.4. The van der Waals surface area contributed by atoms with Gasteiger partial charge in [-0.2, -0.15) is 0 Å². The van der Waals surface area contributed by atoms with Crippen molar-refractivity contribution in [2.24, 2.45) is 0 Å². The van der Waals surface area contributed by atoms with Gasteiger partial charge < -0.3 is 19.4 Å². The summed E-state index contributed by atoms with van der Waals surface area (Å²) in [5.41, 5.74) is 0.577. The highest BCUT2D eigenvalue weighted by Crippen LogP contribution is 2.45. The van der Waals surface area contributed by atoms with Crippen LogP contribution in [0.4, 0.5) is 10.7 Å². The van der Waals surface area contributed by atoms with Gasteiger partial charge in [-0.25, -0.2) is 4.79 Å². The average molecular weight is 313 g/mol. The maximum absolute atomic E-state index is 11.4. The van der Waals surface area contributed by atoms with Gasteiger partial charge in [0.05, 0.1) is 6.61 Å². The predicted octanol–water partition coefficient (Wildman–Crippen LogP) is 4.08. The Bertz CT molecular complexity index is 869. The molecule has 0 fully saturated rings. The van der Waals surface area contributed by atoms with E-state index in [4.69, 9.17) is 9.15 Å². The molecule has 0 aliphatic rings. The molecule has 0 aliphatic carbocycles. The van der Waals surface area contributed by atoms with E-state index in [1.54, 1.807) is 13.0 Å². The summed E-state index contributed by atoms with van der Waals surface area (Å²) in [6, 6.07) is 13.2. The van der Waals surface area contributed by atoms with E-state index in [0.717, 1.165) is 10.8 Å². The summed E-state index contributed by atoms with van der Waals surface area (Å²) >= 11 is 0. The zero-order valence-electron chi connectivity index (χ0n) is 12.4. The van der Waals surface area contributed by atoms with Crippen LogP contribution in [0.1, 0.15) is 6.92 Å². The van der Waals surface area contributed by atoms with Crippen molar-refractivity contribution in [2.75, 3.05) is 11.9 Å². The molecule has 1 aromatic heterocycles. The van der Waals surface area contributed by atoms with Crippen molar-refractivity contribution < 1.29 is 24.2 Å². The summed E-state index contributed by atoms with van der Waals surface area (Å²) in [6.07, 6.45) is -0.776. The number of carbonyl (C=O) groups is 1.